The minimum atomic E-state index is -1.90. The molecule has 0 radical (unpaired) electrons. The van der Waals surface area contributed by atoms with Crippen LogP contribution in [0.2, 0.25) is 5.02 Å². The molecule has 2 aromatic rings. The van der Waals surface area contributed by atoms with E-state index in [1.807, 2.05) is 0 Å². The first kappa shape index (κ1) is 27.2. The van der Waals surface area contributed by atoms with Crippen LogP contribution in [0.1, 0.15) is 34.1 Å². The van der Waals surface area contributed by atoms with Crippen molar-refractivity contribution in [1.29, 1.82) is 0 Å². The van der Waals surface area contributed by atoms with Crippen LogP contribution in [0.4, 0.5) is 5.69 Å². The number of benzene rings is 2. The highest BCUT2D eigenvalue weighted by Crippen LogP contribution is 2.54. The van der Waals surface area contributed by atoms with Crippen LogP contribution in [0.15, 0.2) is 46.7 Å². The fourth-order valence-corrected chi connectivity index (χ4v) is 5.40. The standard InChI is InChI=1S/C28H26ClN3O8/c1-14-10-18(33)17(12-31-16-6-4-15(5-7-16)27(37)32-9-8-30-21(34)13-32)25(35)28(14)26(36)22-19(38-2)11-20(39-3)23(29)24(22)40-28/h4-7,11-12,14,35H,8-10,13H2,1-3H3,(H,30,34)/t14-,28+/m1/s1. The Balaban J connectivity index is 1.46. The number of rotatable bonds is 5. The molecule has 1 saturated heterocycles. The second-order valence-electron chi connectivity index (χ2n) is 9.64. The number of aliphatic hydroxyl groups is 1. The van der Waals surface area contributed by atoms with Crippen LogP contribution in [-0.2, 0) is 9.59 Å². The Morgan fingerprint density at radius 3 is 2.55 bits per heavy atom. The number of hydrogen-bond acceptors (Lipinski definition) is 9. The summed E-state index contributed by atoms with van der Waals surface area (Å²) in [5.41, 5.74) is -1.27. The van der Waals surface area contributed by atoms with Gasteiger partial charge in [-0.2, -0.15) is 0 Å². The third kappa shape index (κ3) is 4.26. The molecule has 0 saturated carbocycles. The maximum Gasteiger partial charge on any atom is 0.254 e. The number of Topliss-reactive ketones (excluding diaryl/α,β-unsaturated/α-hetero) is 2. The van der Waals surface area contributed by atoms with E-state index in [2.05, 4.69) is 10.3 Å². The van der Waals surface area contributed by atoms with Crippen molar-refractivity contribution >= 4 is 46.9 Å². The monoisotopic (exact) mass is 567 g/mol. The SMILES string of the molecule is COc1cc(OC)c2c(c1Cl)O[C@]1(C2=O)C(O)=C(C=Nc2ccc(C(=O)N3CCNC(=O)C3)cc2)C(=O)C[C@H]1C. The van der Waals surface area contributed by atoms with E-state index >= 15 is 0 Å². The summed E-state index contributed by atoms with van der Waals surface area (Å²) in [6.45, 7) is 2.42. The third-order valence-corrected chi connectivity index (χ3v) is 7.65. The Kier molecular flexibility index (Phi) is 7.01. The number of ether oxygens (including phenoxy) is 3. The topological polar surface area (TPSA) is 144 Å². The number of halogens is 1. The first-order valence-electron chi connectivity index (χ1n) is 12.5. The molecule has 0 unspecified atom stereocenters. The maximum atomic E-state index is 13.8. The molecule has 11 nitrogen and oxygen atoms in total. The van der Waals surface area contributed by atoms with Crippen molar-refractivity contribution in [2.45, 2.75) is 18.9 Å². The van der Waals surface area contributed by atoms with Crippen LogP contribution in [0.25, 0.3) is 0 Å². The average Bonchev–Trinajstić information content (AvgIpc) is 3.27. The Morgan fingerprint density at radius 1 is 1.20 bits per heavy atom. The zero-order valence-electron chi connectivity index (χ0n) is 21.9. The van der Waals surface area contributed by atoms with Gasteiger partial charge in [0.1, 0.15) is 22.1 Å². The summed E-state index contributed by atoms with van der Waals surface area (Å²) in [7, 11) is 2.78. The summed E-state index contributed by atoms with van der Waals surface area (Å²) >= 11 is 6.45. The second kappa shape index (κ2) is 10.3. The van der Waals surface area contributed by atoms with Crippen molar-refractivity contribution in [2.75, 3.05) is 33.9 Å². The van der Waals surface area contributed by atoms with E-state index in [0.717, 1.165) is 0 Å². The normalized spacial score (nSPS) is 22.4. The van der Waals surface area contributed by atoms with E-state index in [-0.39, 0.29) is 58.2 Å². The molecule has 0 bridgehead atoms. The lowest BCUT2D eigenvalue weighted by Gasteiger charge is -2.36. The van der Waals surface area contributed by atoms with Gasteiger partial charge >= 0.3 is 0 Å². The van der Waals surface area contributed by atoms with Gasteiger partial charge in [0.15, 0.2) is 17.3 Å². The highest BCUT2D eigenvalue weighted by atomic mass is 35.5. The first-order valence-corrected chi connectivity index (χ1v) is 12.9. The number of allylic oxidation sites excluding steroid dienone is 1. The molecular formula is C28H26ClN3O8. The predicted octanol–water partition coefficient (Wildman–Crippen LogP) is 3.07. The van der Waals surface area contributed by atoms with Crippen LogP contribution in [-0.4, -0.2) is 79.1 Å². The molecule has 208 valence electrons. The van der Waals surface area contributed by atoms with E-state index in [9.17, 15) is 24.3 Å². The molecule has 3 aliphatic rings. The van der Waals surface area contributed by atoms with Gasteiger partial charge in [0.2, 0.25) is 17.3 Å². The van der Waals surface area contributed by atoms with Gasteiger partial charge in [-0.1, -0.05) is 18.5 Å². The fraction of sp³-hybridized carbons (Fsp3) is 0.321. The molecule has 12 heteroatoms. The molecule has 5 rings (SSSR count). The zero-order valence-corrected chi connectivity index (χ0v) is 22.7. The Bertz CT molecular complexity index is 1500. The van der Waals surface area contributed by atoms with Crippen molar-refractivity contribution in [3.8, 4) is 17.2 Å². The number of nitrogens with zero attached hydrogens (tertiary/aromatic N) is 2. The highest BCUT2D eigenvalue weighted by Gasteiger charge is 2.60. The van der Waals surface area contributed by atoms with Gasteiger partial charge in [0, 0.05) is 43.3 Å². The summed E-state index contributed by atoms with van der Waals surface area (Å²) in [6.07, 6.45) is 1.08. The minimum Gasteiger partial charge on any atom is -0.507 e. The fourth-order valence-electron chi connectivity index (χ4n) is 5.14. The van der Waals surface area contributed by atoms with Crippen LogP contribution < -0.4 is 19.5 Å². The minimum absolute atomic E-state index is 0.00153. The van der Waals surface area contributed by atoms with Crippen molar-refractivity contribution in [3.05, 3.63) is 57.8 Å². The van der Waals surface area contributed by atoms with E-state index < -0.39 is 28.8 Å². The lowest BCUT2D eigenvalue weighted by atomic mass is 9.73. The Morgan fingerprint density at radius 2 is 1.90 bits per heavy atom. The number of nitrogens with one attached hydrogen (secondary N) is 1. The van der Waals surface area contributed by atoms with Gasteiger partial charge in [0.05, 0.1) is 32.0 Å². The summed E-state index contributed by atoms with van der Waals surface area (Å²) in [5.74, 6) is -2.45. The van der Waals surface area contributed by atoms with E-state index in [1.165, 1.54) is 31.4 Å². The molecule has 2 amide bonds. The lowest BCUT2D eigenvalue weighted by Crippen LogP contribution is -2.52. The number of fused-ring (bicyclic) bond motifs is 1. The third-order valence-electron chi connectivity index (χ3n) is 7.29. The Labute approximate surface area is 234 Å². The Hall–Kier alpha value is -4.38. The van der Waals surface area contributed by atoms with E-state index in [0.29, 0.717) is 24.3 Å². The summed E-state index contributed by atoms with van der Waals surface area (Å²) < 4.78 is 16.7. The smallest absolute Gasteiger partial charge is 0.254 e. The van der Waals surface area contributed by atoms with Crippen LogP contribution >= 0.6 is 11.6 Å². The first-order chi connectivity index (χ1) is 19.1. The number of ketones is 2. The molecule has 2 atom stereocenters. The second-order valence-corrected chi connectivity index (χ2v) is 10.0. The molecule has 1 fully saturated rings. The van der Waals surface area contributed by atoms with E-state index in [1.54, 1.807) is 31.2 Å². The molecule has 0 aromatic heterocycles. The largest absolute Gasteiger partial charge is 0.507 e. The quantitative estimate of drug-likeness (QED) is 0.525. The number of methoxy groups -OCH3 is 2. The average molecular weight is 568 g/mol. The summed E-state index contributed by atoms with van der Waals surface area (Å²) in [4.78, 5) is 56.8. The zero-order chi connectivity index (χ0) is 28.8. The highest BCUT2D eigenvalue weighted by molar-refractivity contribution is 6.35. The predicted molar refractivity (Wildman–Crippen MR) is 144 cm³/mol. The number of carbonyl (C=O) groups is 4. The lowest BCUT2D eigenvalue weighted by molar-refractivity contribution is -0.123. The van der Waals surface area contributed by atoms with Crippen molar-refractivity contribution < 1.29 is 38.5 Å². The molecule has 40 heavy (non-hydrogen) atoms. The van der Waals surface area contributed by atoms with Crippen LogP contribution in [0.3, 0.4) is 0 Å². The molecule has 2 aromatic carbocycles. The van der Waals surface area contributed by atoms with Crippen molar-refractivity contribution in [1.82, 2.24) is 10.2 Å². The number of amides is 2. The number of aliphatic imine (C=N–C) groups is 1. The van der Waals surface area contributed by atoms with Gasteiger partial charge in [-0.05, 0) is 24.3 Å². The summed E-state index contributed by atoms with van der Waals surface area (Å²) in [6, 6.07) is 7.72. The number of piperazine rings is 1. The molecule has 2 heterocycles. The van der Waals surface area contributed by atoms with Gasteiger partial charge in [-0.3, -0.25) is 24.2 Å². The molecule has 2 N–H and O–H groups in total. The van der Waals surface area contributed by atoms with Crippen molar-refractivity contribution in [2.24, 2.45) is 10.9 Å². The number of hydrogen-bond donors (Lipinski definition) is 2. The molecule has 1 spiro atoms. The van der Waals surface area contributed by atoms with Gasteiger partial charge in [-0.15, -0.1) is 0 Å². The molecule has 1 aliphatic carbocycles. The molecule has 2 aliphatic heterocycles. The number of carbonyl (C=O) groups excluding carboxylic acids is 4. The maximum absolute atomic E-state index is 13.8. The summed E-state index contributed by atoms with van der Waals surface area (Å²) in [5, 5.41) is 14.1. The molecular weight excluding hydrogens is 542 g/mol. The number of aliphatic hydroxyl groups excluding tert-OH is 1. The van der Waals surface area contributed by atoms with Crippen LogP contribution in [0.5, 0.6) is 17.2 Å². The van der Waals surface area contributed by atoms with E-state index in [4.69, 9.17) is 25.8 Å². The van der Waals surface area contributed by atoms with Crippen molar-refractivity contribution in [3.63, 3.8) is 0 Å². The van der Waals surface area contributed by atoms with Gasteiger partial charge < -0.3 is 29.5 Å². The van der Waals surface area contributed by atoms with Crippen LogP contribution in [0, 0.1) is 5.92 Å². The van der Waals surface area contributed by atoms with Gasteiger partial charge in [-0.25, -0.2) is 0 Å². The van der Waals surface area contributed by atoms with Gasteiger partial charge in [0.25, 0.3) is 5.91 Å².